The Hall–Kier alpha value is -1.24. The summed E-state index contributed by atoms with van der Waals surface area (Å²) in [7, 11) is 3.56. The molecule has 1 aromatic rings. The van der Waals surface area contributed by atoms with Crippen LogP contribution >= 0.6 is 0 Å². The standard InChI is InChI=1S/C10H13BF4NO/c1-16(2)5-6-17-10-4-3-8(12)7-9(10)11(13,14)15/h3-4,7H,5-6H2,1-2H3/q-1. The molecule has 0 amide bonds. The molecular formula is C10H13BF4NO-. The second-order valence-corrected chi connectivity index (χ2v) is 3.91. The molecular weight excluding hydrogens is 237 g/mol. The summed E-state index contributed by atoms with van der Waals surface area (Å²) in [6.07, 6.45) is 0. The second kappa shape index (κ2) is 5.40. The lowest BCUT2D eigenvalue weighted by molar-refractivity contribution is 0.262. The minimum Gasteiger partial charge on any atom is -0.495 e. The van der Waals surface area contributed by atoms with Gasteiger partial charge in [-0.25, -0.2) is 4.39 Å². The van der Waals surface area contributed by atoms with Gasteiger partial charge in [-0.1, -0.05) is 5.46 Å². The molecule has 0 fully saturated rings. The second-order valence-electron chi connectivity index (χ2n) is 3.91. The van der Waals surface area contributed by atoms with Crippen LogP contribution in [0.3, 0.4) is 0 Å². The van der Waals surface area contributed by atoms with Crippen molar-refractivity contribution in [3.63, 3.8) is 0 Å². The highest BCUT2D eigenvalue weighted by atomic mass is 19.4. The highest BCUT2D eigenvalue weighted by Crippen LogP contribution is 2.18. The van der Waals surface area contributed by atoms with Crippen LogP contribution in [0, 0.1) is 5.82 Å². The van der Waals surface area contributed by atoms with Crippen LogP contribution in [0.2, 0.25) is 0 Å². The van der Waals surface area contributed by atoms with Crippen LogP contribution in [0.4, 0.5) is 17.3 Å². The summed E-state index contributed by atoms with van der Waals surface area (Å²) >= 11 is 0. The van der Waals surface area contributed by atoms with Gasteiger partial charge in [-0.15, -0.1) is 0 Å². The summed E-state index contributed by atoms with van der Waals surface area (Å²) < 4.78 is 55.6. The van der Waals surface area contributed by atoms with Gasteiger partial charge in [0.15, 0.2) is 0 Å². The van der Waals surface area contributed by atoms with E-state index in [1.165, 1.54) is 0 Å². The number of ether oxygens (including phenoxy) is 1. The van der Waals surface area contributed by atoms with Gasteiger partial charge in [0.1, 0.15) is 12.4 Å². The lowest BCUT2D eigenvalue weighted by atomic mass is 9.79. The quantitative estimate of drug-likeness (QED) is 0.583. The Labute approximate surface area is 97.2 Å². The van der Waals surface area contributed by atoms with E-state index in [1.807, 2.05) is 0 Å². The number of benzene rings is 1. The molecule has 0 aromatic heterocycles. The Morgan fingerprint density at radius 2 is 1.88 bits per heavy atom. The fourth-order valence-electron chi connectivity index (χ4n) is 1.24. The van der Waals surface area contributed by atoms with Crippen molar-refractivity contribution in [3.05, 3.63) is 24.0 Å². The molecule has 1 rings (SSSR count). The van der Waals surface area contributed by atoms with Gasteiger partial charge in [-0.05, 0) is 32.3 Å². The van der Waals surface area contributed by atoms with Crippen LogP contribution in [0.25, 0.3) is 0 Å². The van der Waals surface area contributed by atoms with Crippen LogP contribution < -0.4 is 10.2 Å². The molecule has 0 saturated heterocycles. The maximum Gasteiger partial charge on any atom is 0.513 e. The summed E-state index contributed by atoms with van der Waals surface area (Å²) in [5.74, 6) is -1.24. The minimum absolute atomic E-state index is 0.123. The third-order valence-corrected chi connectivity index (χ3v) is 2.12. The Morgan fingerprint density at radius 1 is 1.24 bits per heavy atom. The summed E-state index contributed by atoms with van der Waals surface area (Å²) in [4.78, 5) is 1.78. The number of nitrogens with zero attached hydrogens (tertiary/aromatic N) is 1. The van der Waals surface area contributed by atoms with E-state index in [1.54, 1.807) is 19.0 Å². The zero-order valence-corrected chi connectivity index (χ0v) is 9.59. The van der Waals surface area contributed by atoms with E-state index in [0.29, 0.717) is 12.6 Å². The van der Waals surface area contributed by atoms with Crippen LogP contribution in [-0.2, 0) is 0 Å². The Balaban J connectivity index is 2.84. The number of rotatable bonds is 5. The molecule has 0 heterocycles. The normalized spacial score (nSPS) is 11.9. The number of hydrogen-bond acceptors (Lipinski definition) is 2. The third kappa shape index (κ3) is 4.26. The molecule has 17 heavy (non-hydrogen) atoms. The van der Waals surface area contributed by atoms with E-state index in [-0.39, 0.29) is 12.4 Å². The Kier molecular flexibility index (Phi) is 4.39. The zero-order chi connectivity index (χ0) is 13.1. The first-order valence-corrected chi connectivity index (χ1v) is 5.07. The molecule has 0 atom stereocenters. The van der Waals surface area contributed by atoms with E-state index in [4.69, 9.17) is 4.74 Å². The monoisotopic (exact) mass is 250 g/mol. The SMILES string of the molecule is CN(C)CCOc1ccc(F)cc1[B-](F)(F)F. The van der Waals surface area contributed by atoms with Crippen molar-refractivity contribution < 1.29 is 22.1 Å². The van der Waals surface area contributed by atoms with E-state index >= 15 is 0 Å². The predicted molar refractivity (Wildman–Crippen MR) is 59.2 cm³/mol. The summed E-state index contributed by atoms with van der Waals surface area (Å²) in [5.41, 5.74) is -1.02. The molecule has 0 unspecified atom stereocenters. The minimum atomic E-state index is -5.27. The molecule has 1 aromatic carbocycles. The summed E-state index contributed by atoms with van der Waals surface area (Å²) in [6, 6.07) is 2.43. The highest BCUT2D eigenvalue weighted by molar-refractivity contribution is 6.74. The van der Waals surface area contributed by atoms with Crippen LogP contribution in [0.15, 0.2) is 18.2 Å². The lowest BCUT2D eigenvalue weighted by Gasteiger charge is -2.20. The number of halogens is 4. The first kappa shape index (κ1) is 13.8. The first-order chi connectivity index (χ1) is 7.80. The molecule has 7 heteroatoms. The Bertz CT molecular complexity index is 381. The number of likely N-dealkylation sites (N-methyl/N-ethyl adjacent to an activating group) is 1. The van der Waals surface area contributed by atoms with Gasteiger partial charge in [0, 0.05) is 6.54 Å². The van der Waals surface area contributed by atoms with Crippen molar-refractivity contribution in [3.8, 4) is 5.75 Å². The van der Waals surface area contributed by atoms with Crippen molar-refractivity contribution in [1.29, 1.82) is 0 Å². The molecule has 0 spiro atoms. The van der Waals surface area contributed by atoms with Gasteiger partial charge >= 0.3 is 6.98 Å². The average Bonchev–Trinajstić information content (AvgIpc) is 2.18. The van der Waals surface area contributed by atoms with E-state index in [0.717, 1.165) is 12.1 Å². The van der Waals surface area contributed by atoms with Gasteiger partial charge in [-0.2, -0.15) is 0 Å². The first-order valence-electron chi connectivity index (χ1n) is 5.07. The topological polar surface area (TPSA) is 12.5 Å². The van der Waals surface area contributed by atoms with Crippen LogP contribution in [0.5, 0.6) is 5.75 Å². The van der Waals surface area contributed by atoms with E-state index < -0.39 is 18.3 Å². The predicted octanol–water partition coefficient (Wildman–Crippen LogP) is 1.82. The molecule has 0 N–H and O–H groups in total. The zero-order valence-electron chi connectivity index (χ0n) is 9.59. The van der Waals surface area contributed by atoms with Crippen LogP contribution in [-0.4, -0.2) is 39.1 Å². The molecule has 0 bridgehead atoms. The number of hydrogen-bond donors (Lipinski definition) is 0. The fraction of sp³-hybridized carbons (Fsp3) is 0.400. The van der Waals surface area contributed by atoms with Gasteiger partial charge in [0.05, 0.1) is 5.75 Å². The van der Waals surface area contributed by atoms with Gasteiger partial charge in [0.2, 0.25) is 0 Å². The van der Waals surface area contributed by atoms with Crippen molar-refractivity contribution in [2.75, 3.05) is 27.2 Å². The highest BCUT2D eigenvalue weighted by Gasteiger charge is 2.29. The maximum absolute atomic E-state index is 12.8. The summed E-state index contributed by atoms with van der Waals surface area (Å²) in [6.45, 7) is -4.66. The van der Waals surface area contributed by atoms with Crippen LogP contribution in [0.1, 0.15) is 0 Å². The Morgan fingerprint density at radius 3 is 2.41 bits per heavy atom. The molecule has 0 aliphatic rings. The summed E-state index contributed by atoms with van der Waals surface area (Å²) in [5, 5.41) is 0. The van der Waals surface area contributed by atoms with E-state index in [9.17, 15) is 17.3 Å². The van der Waals surface area contributed by atoms with Crippen molar-refractivity contribution >= 4 is 12.4 Å². The maximum atomic E-state index is 12.8. The lowest BCUT2D eigenvalue weighted by Crippen LogP contribution is -2.36. The molecule has 0 saturated carbocycles. The van der Waals surface area contributed by atoms with Gasteiger partial charge < -0.3 is 22.6 Å². The van der Waals surface area contributed by atoms with Gasteiger partial charge in [-0.3, -0.25) is 0 Å². The van der Waals surface area contributed by atoms with E-state index in [2.05, 4.69) is 0 Å². The third-order valence-electron chi connectivity index (χ3n) is 2.12. The average molecular weight is 250 g/mol. The smallest absolute Gasteiger partial charge is 0.495 e. The molecule has 0 aliphatic carbocycles. The molecule has 0 aliphatic heterocycles. The molecule has 0 radical (unpaired) electrons. The molecule has 96 valence electrons. The van der Waals surface area contributed by atoms with Crippen molar-refractivity contribution in [1.82, 2.24) is 4.90 Å². The van der Waals surface area contributed by atoms with Crippen molar-refractivity contribution in [2.45, 2.75) is 0 Å². The van der Waals surface area contributed by atoms with Gasteiger partial charge in [0.25, 0.3) is 0 Å². The van der Waals surface area contributed by atoms with Crippen molar-refractivity contribution in [2.24, 2.45) is 0 Å². The largest absolute Gasteiger partial charge is 0.513 e. The fourth-order valence-corrected chi connectivity index (χ4v) is 1.24. The molecule has 2 nitrogen and oxygen atoms in total.